The van der Waals surface area contributed by atoms with Gasteiger partial charge in [-0.1, -0.05) is 51.3 Å². The molecular weight excluding hydrogens is 284 g/mol. The molecule has 2 rings (SSSR count). The summed E-state index contributed by atoms with van der Waals surface area (Å²) < 4.78 is 18.8. The topological polar surface area (TPSA) is 49.8 Å². The Morgan fingerprint density at radius 1 is 1.33 bits per heavy atom. The SMILES string of the molecule is CCCC[C@H]1O[C@]1([C@@H](O)C(C)C)[S@@](=O)c1ccc(C)cc1. The number of hydrogen-bond acceptors (Lipinski definition) is 3. The van der Waals surface area contributed by atoms with Gasteiger partial charge in [0, 0.05) is 4.90 Å². The Morgan fingerprint density at radius 2 is 1.95 bits per heavy atom. The first kappa shape index (κ1) is 16.7. The monoisotopic (exact) mass is 310 g/mol. The number of aliphatic hydroxyl groups excluding tert-OH is 1. The van der Waals surface area contributed by atoms with E-state index in [0.717, 1.165) is 29.7 Å². The molecule has 0 unspecified atom stereocenters. The maximum absolute atomic E-state index is 13.0. The van der Waals surface area contributed by atoms with Gasteiger partial charge in [-0.05, 0) is 31.4 Å². The highest BCUT2D eigenvalue weighted by Gasteiger charge is 2.66. The lowest BCUT2D eigenvalue weighted by atomic mass is 10.00. The van der Waals surface area contributed by atoms with E-state index in [1.54, 1.807) is 0 Å². The molecule has 1 aliphatic heterocycles. The van der Waals surface area contributed by atoms with Crippen LogP contribution in [0.3, 0.4) is 0 Å². The molecule has 4 heteroatoms. The van der Waals surface area contributed by atoms with E-state index in [-0.39, 0.29) is 12.0 Å². The summed E-state index contributed by atoms with van der Waals surface area (Å²) in [4.78, 5) is -0.183. The number of epoxide rings is 1. The quantitative estimate of drug-likeness (QED) is 0.785. The molecule has 1 saturated heterocycles. The van der Waals surface area contributed by atoms with Gasteiger partial charge in [0.05, 0.1) is 10.8 Å². The van der Waals surface area contributed by atoms with Crippen LogP contribution < -0.4 is 0 Å². The van der Waals surface area contributed by atoms with Gasteiger partial charge in [0.15, 0.2) is 4.93 Å². The minimum absolute atomic E-state index is 0.0195. The molecule has 1 heterocycles. The number of rotatable bonds is 7. The van der Waals surface area contributed by atoms with E-state index < -0.39 is 21.8 Å². The fraction of sp³-hybridized carbons (Fsp3) is 0.647. The molecule has 0 radical (unpaired) electrons. The highest BCUT2D eigenvalue weighted by atomic mass is 32.2. The third kappa shape index (κ3) is 3.22. The fourth-order valence-corrected chi connectivity index (χ4v) is 4.48. The first-order valence-corrected chi connectivity index (χ1v) is 8.92. The molecule has 0 aliphatic carbocycles. The van der Waals surface area contributed by atoms with Crippen LogP contribution in [0.2, 0.25) is 0 Å². The smallest absolute Gasteiger partial charge is 0.199 e. The standard InChI is InChI=1S/C17H26O3S/c1-5-6-7-15-17(20-15,16(18)12(2)3)21(19)14-10-8-13(4)9-11-14/h8-12,15-16,18H,5-7H2,1-4H3/t15-,16+,17+,21+/m1/s1. The number of ether oxygens (including phenoxy) is 1. The average molecular weight is 310 g/mol. The molecule has 21 heavy (non-hydrogen) atoms. The Balaban J connectivity index is 2.25. The van der Waals surface area contributed by atoms with Crippen molar-refractivity contribution in [3.05, 3.63) is 29.8 Å². The van der Waals surface area contributed by atoms with Gasteiger partial charge < -0.3 is 9.84 Å². The second-order valence-electron chi connectivity index (χ2n) is 6.24. The Labute approximate surface area is 130 Å². The summed E-state index contributed by atoms with van der Waals surface area (Å²) in [5, 5.41) is 10.6. The van der Waals surface area contributed by atoms with Crippen LogP contribution in [0.1, 0.15) is 45.6 Å². The van der Waals surface area contributed by atoms with Crippen LogP contribution in [0, 0.1) is 12.8 Å². The molecule has 1 aromatic rings. The van der Waals surface area contributed by atoms with Gasteiger partial charge in [0.1, 0.15) is 12.2 Å². The molecule has 0 saturated carbocycles. The van der Waals surface area contributed by atoms with Gasteiger partial charge in [0.2, 0.25) is 0 Å². The van der Waals surface area contributed by atoms with Crippen LogP contribution in [0.5, 0.6) is 0 Å². The van der Waals surface area contributed by atoms with Crippen molar-refractivity contribution < 1.29 is 14.1 Å². The maximum Gasteiger partial charge on any atom is 0.199 e. The maximum atomic E-state index is 13.0. The molecule has 118 valence electrons. The first-order valence-electron chi connectivity index (χ1n) is 7.78. The predicted octanol–water partition coefficient (Wildman–Crippen LogP) is 3.40. The van der Waals surface area contributed by atoms with Gasteiger partial charge >= 0.3 is 0 Å². The molecule has 3 nitrogen and oxygen atoms in total. The molecule has 4 atom stereocenters. The van der Waals surface area contributed by atoms with Crippen LogP contribution in [0.15, 0.2) is 29.2 Å². The van der Waals surface area contributed by atoms with Crippen molar-refractivity contribution in [3.8, 4) is 0 Å². The lowest BCUT2D eigenvalue weighted by Crippen LogP contribution is -2.40. The molecule has 1 aliphatic rings. The summed E-state index contributed by atoms with van der Waals surface area (Å²) in [6.07, 6.45) is 2.16. The summed E-state index contributed by atoms with van der Waals surface area (Å²) in [5.74, 6) is 0.0195. The van der Waals surface area contributed by atoms with E-state index in [9.17, 15) is 9.32 Å². The van der Waals surface area contributed by atoms with Crippen LogP contribution in [0.4, 0.5) is 0 Å². The van der Waals surface area contributed by atoms with Crippen LogP contribution in [0.25, 0.3) is 0 Å². The summed E-state index contributed by atoms with van der Waals surface area (Å²) in [6.45, 7) is 8.01. The third-order valence-electron chi connectivity index (χ3n) is 4.11. The van der Waals surface area contributed by atoms with Crippen LogP contribution >= 0.6 is 0 Å². The van der Waals surface area contributed by atoms with Crippen LogP contribution in [-0.2, 0) is 15.5 Å². The second-order valence-corrected chi connectivity index (χ2v) is 7.89. The lowest BCUT2D eigenvalue weighted by molar-refractivity contribution is 0.0764. The lowest BCUT2D eigenvalue weighted by Gasteiger charge is -2.23. The van der Waals surface area contributed by atoms with Crippen molar-refractivity contribution >= 4 is 10.8 Å². The highest BCUT2D eigenvalue weighted by molar-refractivity contribution is 7.86. The van der Waals surface area contributed by atoms with Gasteiger partial charge in [0.25, 0.3) is 0 Å². The van der Waals surface area contributed by atoms with E-state index >= 15 is 0 Å². The molecule has 0 aromatic heterocycles. The van der Waals surface area contributed by atoms with E-state index in [2.05, 4.69) is 6.92 Å². The average Bonchev–Trinajstić information content (AvgIpc) is 3.19. The highest BCUT2D eigenvalue weighted by Crippen LogP contribution is 2.49. The number of unbranched alkanes of at least 4 members (excludes halogenated alkanes) is 1. The van der Waals surface area contributed by atoms with Gasteiger partial charge in [-0.2, -0.15) is 0 Å². The molecule has 1 N–H and O–H groups in total. The minimum atomic E-state index is -1.35. The summed E-state index contributed by atoms with van der Waals surface area (Å²) in [5.41, 5.74) is 1.13. The van der Waals surface area contributed by atoms with Gasteiger partial charge in [-0.3, -0.25) is 4.21 Å². The Morgan fingerprint density at radius 3 is 2.48 bits per heavy atom. The zero-order chi connectivity index (χ0) is 15.6. The van der Waals surface area contributed by atoms with Crippen molar-refractivity contribution in [3.63, 3.8) is 0 Å². The Kier molecular flexibility index (Phi) is 5.23. The molecular formula is C17H26O3S. The molecule has 1 fully saturated rings. The second kappa shape index (κ2) is 6.59. The number of hydrogen-bond donors (Lipinski definition) is 1. The third-order valence-corrected chi connectivity index (χ3v) is 5.99. The normalized spacial score (nSPS) is 27.6. The van der Waals surface area contributed by atoms with Crippen molar-refractivity contribution in [1.82, 2.24) is 0 Å². The first-order chi connectivity index (χ1) is 9.93. The van der Waals surface area contributed by atoms with Crippen molar-refractivity contribution in [2.75, 3.05) is 0 Å². The summed E-state index contributed by atoms with van der Waals surface area (Å²) in [6, 6.07) is 7.65. The van der Waals surface area contributed by atoms with E-state index in [1.807, 2.05) is 45.0 Å². The van der Waals surface area contributed by atoms with E-state index in [4.69, 9.17) is 4.74 Å². The molecule has 0 spiro atoms. The molecule has 0 bridgehead atoms. The largest absolute Gasteiger partial charge is 0.389 e. The molecule has 0 amide bonds. The van der Waals surface area contributed by atoms with E-state index in [1.165, 1.54) is 0 Å². The van der Waals surface area contributed by atoms with Gasteiger partial charge in [-0.15, -0.1) is 0 Å². The molecule has 1 aromatic carbocycles. The van der Waals surface area contributed by atoms with Crippen LogP contribution in [-0.4, -0.2) is 26.5 Å². The van der Waals surface area contributed by atoms with Crippen molar-refractivity contribution in [2.45, 2.75) is 69.0 Å². The predicted molar refractivity (Wildman–Crippen MR) is 85.6 cm³/mol. The zero-order valence-corrected chi connectivity index (χ0v) is 14.2. The van der Waals surface area contributed by atoms with E-state index in [0.29, 0.717) is 0 Å². The Bertz CT molecular complexity index is 497. The summed E-state index contributed by atoms with van der Waals surface area (Å²) >= 11 is 0. The van der Waals surface area contributed by atoms with Gasteiger partial charge in [-0.25, -0.2) is 0 Å². The Hall–Kier alpha value is -0.710. The number of aliphatic hydroxyl groups is 1. The fourth-order valence-electron chi connectivity index (χ4n) is 2.68. The van der Waals surface area contributed by atoms with Crippen molar-refractivity contribution in [1.29, 1.82) is 0 Å². The minimum Gasteiger partial charge on any atom is -0.389 e. The number of benzene rings is 1. The zero-order valence-electron chi connectivity index (χ0n) is 13.3. The summed E-state index contributed by atoms with van der Waals surface area (Å²) in [7, 11) is -1.35. The number of aryl methyl sites for hydroxylation is 1. The van der Waals surface area contributed by atoms with Crippen molar-refractivity contribution in [2.24, 2.45) is 5.92 Å².